The van der Waals surface area contributed by atoms with Crippen molar-refractivity contribution in [1.82, 2.24) is 0 Å². The minimum absolute atomic E-state index is 0.0518. The van der Waals surface area contributed by atoms with E-state index in [-0.39, 0.29) is 23.7 Å². The molecule has 2 atom stereocenters. The molecule has 0 bridgehead atoms. The Morgan fingerprint density at radius 3 is 2.68 bits per heavy atom. The van der Waals surface area contributed by atoms with E-state index in [1.807, 2.05) is 26.0 Å². The molecule has 6 heteroatoms. The zero-order valence-corrected chi connectivity index (χ0v) is 17.8. The van der Waals surface area contributed by atoms with Gasteiger partial charge in [-0.15, -0.1) is 11.8 Å². The first-order valence-electron chi connectivity index (χ1n) is 10.3. The molecular formula is C22H32O5S. The summed E-state index contributed by atoms with van der Waals surface area (Å²) in [6, 6.07) is 8.15. The Morgan fingerprint density at radius 2 is 2.00 bits per heavy atom. The van der Waals surface area contributed by atoms with Gasteiger partial charge in [0.25, 0.3) is 0 Å². The molecule has 1 saturated heterocycles. The van der Waals surface area contributed by atoms with Crippen LogP contribution in [0.25, 0.3) is 0 Å². The van der Waals surface area contributed by atoms with E-state index in [1.54, 1.807) is 0 Å². The van der Waals surface area contributed by atoms with Gasteiger partial charge >= 0.3 is 5.97 Å². The average Bonchev–Trinajstić information content (AvgIpc) is 2.70. The smallest absolute Gasteiger partial charge is 0.313 e. The monoisotopic (exact) mass is 408 g/mol. The summed E-state index contributed by atoms with van der Waals surface area (Å²) in [5.41, 5.74) is 1.19. The van der Waals surface area contributed by atoms with Crippen LogP contribution in [0.5, 0.6) is 0 Å². The zero-order chi connectivity index (χ0) is 20.2. The van der Waals surface area contributed by atoms with Crippen molar-refractivity contribution in [1.29, 1.82) is 0 Å². The molecule has 0 saturated carbocycles. The molecule has 0 N–H and O–H groups in total. The number of rotatable bonds is 12. The highest BCUT2D eigenvalue weighted by molar-refractivity contribution is 8.00. The van der Waals surface area contributed by atoms with Crippen LogP contribution in [0.4, 0.5) is 0 Å². The van der Waals surface area contributed by atoms with Crippen molar-refractivity contribution in [2.75, 3.05) is 19.8 Å². The lowest BCUT2D eigenvalue weighted by molar-refractivity contribution is -0.161. The first-order chi connectivity index (χ1) is 13.6. The number of ether oxygens (including phenoxy) is 3. The topological polar surface area (TPSA) is 61.8 Å². The summed E-state index contributed by atoms with van der Waals surface area (Å²) in [6.45, 7) is 5.69. The molecule has 0 spiro atoms. The summed E-state index contributed by atoms with van der Waals surface area (Å²) in [7, 11) is 0. The molecule has 156 valence electrons. The van der Waals surface area contributed by atoms with E-state index in [1.165, 1.54) is 23.7 Å². The Bertz CT molecular complexity index is 595. The average molecular weight is 409 g/mol. The number of hydrogen-bond donors (Lipinski definition) is 0. The quantitative estimate of drug-likeness (QED) is 0.219. The number of carbonyl (C=O) groups is 2. The van der Waals surface area contributed by atoms with Crippen molar-refractivity contribution in [2.24, 2.45) is 0 Å². The second-order valence-corrected chi connectivity index (χ2v) is 8.45. The summed E-state index contributed by atoms with van der Waals surface area (Å²) in [5.74, 6) is -0.528. The van der Waals surface area contributed by atoms with Crippen molar-refractivity contribution in [3.05, 3.63) is 29.8 Å². The van der Waals surface area contributed by atoms with Gasteiger partial charge in [-0.05, 0) is 56.7 Å². The molecule has 1 aromatic rings. The van der Waals surface area contributed by atoms with Gasteiger partial charge in [0.1, 0.15) is 6.42 Å². The van der Waals surface area contributed by atoms with E-state index in [2.05, 4.69) is 12.1 Å². The molecule has 0 aromatic heterocycles. The molecule has 0 amide bonds. The number of hydrogen-bond acceptors (Lipinski definition) is 6. The fraction of sp³-hybridized carbons (Fsp3) is 0.636. The zero-order valence-electron chi connectivity index (χ0n) is 17.0. The van der Waals surface area contributed by atoms with E-state index in [0.717, 1.165) is 43.6 Å². The van der Waals surface area contributed by atoms with Gasteiger partial charge < -0.3 is 14.2 Å². The largest absolute Gasteiger partial charge is 0.465 e. The molecule has 1 aromatic carbocycles. The van der Waals surface area contributed by atoms with Gasteiger partial charge in [-0.25, -0.2) is 0 Å². The van der Waals surface area contributed by atoms with Crippen LogP contribution in [0.15, 0.2) is 29.2 Å². The highest BCUT2D eigenvalue weighted by atomic mass is 32.2. The molecule has 2 unspecified atom stereocenters. The van der Waals surface area contributed by atoms with Crippen molar-refractivity contribution in [2.45, 2.75) is 75.2 Å². The molecule has 1 aliphatic rings. The van der Waals surface area contributed by atoms with Crippen LogP contribution in [-0.2, 0) is 30.2 Å². The third-order valence-corrected chi connectivity index (χ3v) is 5.76. The molecular weight excluding hydrogens is 376 g/mol. The van der Waals surface area contributed by atoms with E-state index in [0.29, 0.717) is 13.2 Å². The Labute approximate surface area is 172 Å². The van der Waals surface area contributed by atoms with Crippen LogP contribution >= 0.6 is 11.8 Å². The summed E-state index contributed by atoms with van der Waals surface area (Å²) >= 11 is 1.47. The molecule has 0 aliphatic carbocycles. The van der Waals surface area contributed by atoms with Gasteiger partial charge in [0.15, 0.2) is 12.1 Å². The van der Waals surface area contributed by atoms with E-state index < -0.39 is 5.97 Å². The predicted octanol–water partition coefficient (Wildman–Crippen LogP) is 4.56. The van der Waals surface area contributed by atoms with Gasteiger partial charge in [0.2, 0.25) is 0 Å². The number of unbranched alkanes of at least 4 members (excludes halogenated alkanes) is 1. The second-order valence-electron chi connectivity index (χ2n) is 7.04. The molecule has 1 fully saturated rings. The van der Waals surface area contributed by atoms with Crippen LogP contribution in [-0.4, -0.2) is 43.1 Å². The molecule has 5 nitrogen and oxygen atoms in total. The van der Waals surface area contributed by atoms with E-state index in [4.69, 9.17) is 14.2 Å². The van der Waals surface area contributed by atoms with Gasteiger partial charge in [-0.3, -0.25) is 9.59 Å². The lowest BCUT2D eigenvalue weighted by atomic mass is 10.1. The lowest BCUT2D eigenvalue weighted by Crippen LogP contribution is -2.23. The third-order valence-electron chi connectivity index (χ3n) is 4.60. The van der Waals surface area contributed by atoms with Crippen LogP contribution in [0.3, 0.4) is 0 Å². The maximum Gasteiger partial charge on any atom is 0.313 e. The standard InChI is InChI=1S/C22H32O5S/c1-3-4-13-25-21(24)16-20(23)17(2)28-19-10-8-18(9-11-19)12-15-27-22-7-5-6-14-26-22/h8-11,17,22H,3-7,12-16H2,1-2H3. The van der Waals surface area contributed by atoms with E-state index in [9.17, 15) is 9.59 Å². The Balaban J connectivity index is 1.68. The number of esters is 1. The number of thioether (sulfide) groups is 1. The summed E-state index contributed by atoms with van der Waals surface area (Å²) < 4.78 is 16.4. The van der Waals surface area contributed by atoms with Crippen LogP contribution in [0.2, 0.25) is 0 Å². The lowest BCUT2D eigenvalue weighted by Gasteiger charge is -2.22. The van der Waals surface area contributed by atoms with Gasteiger partial charge in [0.05, 0.1) is 18.5 Å². The van der Waals surface area contributed by atoms with Gasteiger partial charge in [-0.2, -0.15) is 0 Å². The van der Waals surface area contributed by atoms with Gasteiger partial charge in [-0.1, -0.05) is 25.5 Å². The molecule has 1 heterocycles. The Morgan fingerprint density at radius 1 is 1.21 bits per heavy atom. The maximum absolute atomic E-state index is 12.2. The van der Waals surface area contributed by atoms with Crippen molar-refractivity contribution < 1.29 is 23.8 Å². The maximum atomic E-state index is 12.2. The van der Waals surface area contributed by atoms with Crippen molar-refractivity contribution in [3.63, 3.8) is 0 Å². The van der Waals surface area contributed by atoms with Crippen molar-refractivity contribution >= 4 is 23.5 Å². The predicted molar refractivity (Wildman–Crippen MR) is 110 cm³/mol. The normalized spacial score (nSPS) is 17.9. The summed E-state index contributed by atoms with van der Waals surface area (Å²) in [6.07, 6.45) is 5.69. The van der Waals surface area contributed by atoms with E-state index >= 15 is 0 Å². The molecule has 0 radical (unpaired) electrons. The summed E-state index contributed by atoms with van der Waals surface area (Å²) in [4.78, 5) is 24.9. The minimum Gasteiger partial charge on any atom is -0.465 e. The fourth-order valence-electron chi connectivity index (χ4n) is 2.82. The summed E-state index contributed by atoms with van der Waals surface area (Å²) in [5, 5.41) is -0.281. The molecule has 2 rings (SSSR count). The molecule has 28 heavy (non-hydrogen) atoms. The highest BCUT2D eigenvalue weighted by Gasteiger charge is 2.19. The van der Waals surface area contributed by atoms with Crippen LogP contribution in [0, 0.1) is 0 Å². The highest BCUT2D eigenvalue weighted by Crippen LogP contribution is 2.25. The molecule has 1 aliphatic heterocycles. The number of benzene rings is 1. The SMILES string of the molecule is CCCCOC(=O)CC(=O)C(C)Sc1ccc(CCOC2CCCCO2)cc1. The second kappa shape index (κ2) is 13.0. The first-order valence-corrected chi connectivity index (χ1v) is 11.1. The third kappa shape index (κ3) is 8.76. The number of ketones is 1. The van der Waals surface area contributed by atoms with Crippen LogP contribution < -0.4 is 0 Å². The fourth-order valence-corrected chi connectivity index (χ4v) is 3.74. The Hall–Kier alpha value is -1.37. The Kier molecular flexibility index (Phi) is 10.6. The first kappa shape index (κ1) is 22.9. The van der Waals surface area contributed by atoms with Gasteiger partial charge in [0, 0.05) is 11.5 Å². The number of Topliss-reactive ketones (excluding diaryl/α,β-unsaturated/α-hetero) is 1. The number of carbonyl (C=O) groups excluding carboxylic acids is 2. The van der Waals surface area contributed by atoms with Crippen LogP contribution in [0.1, 0.15) is 57.9 Å². The minimum atomic E-state index is -0.428. The van der Waals surface area contributed by atoms with Crippen molar-refractivity contribution in [3.8, 4) is 0 Å².